The summed E-state index contributed by atoms with van der Waals surface area (Å²) in [6.45, 7) is 3.08. The summed E-state index contributed by atoms with van der Waals surface area (Å²) in [5.41, 5.74) is 0.923. The van der Waals surface area contributed by atoms with Crippen LogP contribution in [0.5, 0.6) is 5.75 Å². The molecule has 0 radical (unpaired) electrons. The maximum absolute atomic E-state index is 12.3. The first-order chi connectivity index (χ1) is 11.1. The first-order valence-electron chi connectivity index (χ1n) is 7.88. The number of benzene rings is 2. The number of ether oxygens (including phenoxy) is 1. The Balaban J connectivity index is 1.92. The molecule has 2 aromatic carbocycles. The van der Waals surface area contributed by atoms with Crippen LogP contribution in [0, 0.1) is 0 Å². The van der Waals surface area contributed by atoms with Crippen LogP contribution < -0.4 is 9.46 Å². The minimum atomic E-state index is -3.51. The third-order valence-electron chi connectivity index (χ3n) is 3.46. The Hall–Kier alpha value is -1.85. The van der Waals surface area contributed by atoms with Crippen LogP contribution in [0.2, 0.25) is 0 Å². The second-order valence-corrected chi connectivity index (χ2v) is 7.10. The fourth-order valence-corrected chi connectivity index (χ4v) is 3.13. The molecular formula is C18H23NO3S. The van der Waals surface area contributed by atoms with E-state index in [4.69, 9.17) is 4.74 Å². The molecule has 0 saturated carbocycles. The molecule has 23 heavy (non-hydrogen) atoms. The summed E-state index contributed by atoms with van der Waals surface area (Å²) < 4.78 is 32.7. The molecule has 4 nitrogen and oxygen atoms in total. The van der Waals surface area contributed by atoms with Crippen LogP contribution in [0.25, 0.3) is 0 Å². The summed E-state index contributed by atoms with van der Waals surface area (Å²) in [6, 6.07) is 16.0. The van der Waals surface area contributed by atoms with Crippen LogP contribution in [-0.4, -0.2) is 15.0 Å². The second kappa shape index (κ2) is 8.70. The maximum atomic E-state index is 12.3. The first-order valence-corrected chi connectivity index (χ1v) is 9.36. The fourth-order valence-electron chi connectivity index (χ4n) is 2.11. The van der Waals surface area contributed by atoms with Crippen LogP contribution in [-0.2, 0) is 16.6 Å². The van der Waals surface area contributed by atoms with Gasteiger partial charge < -0.3 is 4.74 Å². The molecule has 0 aliphatic heterocycles. The van der Waals surface area contributed by atoms with E-state index in [1.54, 1.807) is 24.3 Å². The van der Waals surface area contributed by atoms with E-state index in [9.17, 15) is 8.42 Å². The Labute approximate surface area is 138 Å². The van der Waals surface area contributed by atoms with Crippen LogP contribution in [0.4, 0.5) is 0 Å². The molecule has 0 heterocycles. The van der Waals surface area contributed by atoms with Crippen molar-refractivity contribution in [3.63, 3.8) is 0 Å². The second-order valence-electron chi connectivity index (χ2n) is 5.34. The molecule has 124 valence electrons. The Morgan fingerprint density at radius 2 is 1.65 bits per heavy atom. The molecule has 0 fully saturated rings. The van der Waals surface area contributed by atoms with Crippen LogP contribution in [0.3, 0.4) is 0 Å². The van der Waals surface area contributed by atoms with E-state index in [1.807, 2.05) is 30.3 Å². The third-order valence-corrected chi connectivity index (χ3v) is 4.88. The van der Waals surface area contributed by atoms with E-state index in [0.717, 1.165) is 24.8 Å². The predicted molar refractivity (Wildman–Crippen MR) is 91.9 cm³/mol. The molecule has 0 saturated heterocycles. The zero-order valence-electron chi connectivity index (χ0n) is 13.4. The summed E-state index contributed by atoms with van der Waals surface area (Å²) in [6.07, 6.45) is 3.29. The molecule has 2 aromatic rings. The minimum absolute atomic E-state index is 0.245. The van der Waals surface area contributed by atoms with Gasteiger partial charge >= 0.3 is 0 Å². The molecule has 0 aliphatic carbocycles. The number of nitrogens with one attached hydrogen (secondary N) is 1. The third kappa shape index (κ3) is 5.69. The largest absolute Gasteiger partial charge is 0.494 e. The summed E-state index contributed by atoms with van der Waals surface area (Å²) >= 11 is 0. The van der Waals surface area contributed by atoms with Gasteiger partial charge in [0, 0.05) is 6.54 Å². The van der Waals surface area contributed by atoms with Crippen molar-refractivity contribution < 1.29 is 13.2 Å². The molecule has 0 spiro atoms. The average molecular weight is 333 g/mol. The molecule has 5 heteroatoms. The highest BCUT2D eigenvalue weighted by Gasteiger charge is 2.13. The van der Waals surface area contributed by atoms with Crippen molar-refractivity contribution >= 4 is 10.0 Å². The SMILES string of the molecule is CCCCCOc1ccc(S(=O)(=O)NCc2ccccc2)cc1. The molecule has 2 rings (SSSR count). The molecule has 0 aliphatic rings. The summed E-state index contributed by atoms with van der Waals surface area (Å²) in [5, 5.41) is 0. The van der Waals surface area contributed by atoms with Gasteiger partial charge in [-0.05, 0) is 36.2 Å². The Bertz CT molecular complexity index is 682. The average Bonchev–Trinajstić information content (AvgIpc) is 2.58. The highest BCUT2D eigenvalue weighted by molar-refractivity contribution is 7.89. The van der Waals surface area contributed by atoms with E-state index >= 15 is 0 Å². The number of hydrogen-bond acceptors (Lipinski definition) is 3. The van der Waals surface area contributed by atoms with Crippen LogP contribution in [0.1, 0.15) is 31.7 Å². The standard InChI is InChI=1S/C18H23NO3S/c1-2-3-7-14-22-17-10-12-18(13-11-17)23(20,21)19-15-16-8-5-4-6-9-16/h4-6,8-13,19H,2-3,7,14-15H2,1H3. The number of unbranched alkanes of at least 4 members (excludes halogenated alkanes) is 2. The molecule has 0 unspecified atom stereocenters. The lowest BCUT2D eigenvalue weighted by atomic mass is 10.2. The van der Waals surface area contributed by atoms with E-state index in [1.165, 1.54) is 0 Å². The van der Waals surface area contributed by atoms with Crippen molar-refractivity contribution in [2.45, 2.75) is 37.6 Å². The van der Waals surface area contributed by atoms with Gasteiger partial charge in [-0.15, -0.1) is 0 Å². The zero-order chi connectivity index (χ0) is 16.5. The van der Waals surface area contributed by atoms with Gasteiger partial charge in [0.25, 0.3) is 0 Å². The van der Waals surface area contributed by atoms with Crippen molar-refractivity contribution in [1.29, 1.82) is 0 Å². The number of rotatable bonds is 9. The first kappa shape index (κ1) is 17.5. The normalized spacial score (nSPS) is 11.3. The number of hydrogen-bond donors (Lipinski definition) is 1. The van der Waals surface area contributed by atoms with Crippen LogP contribution >= 0.6 is 0 Å². The Morgan fingerprint density at radius 3 is 2.30 bits per heavy atom. The Kier molecular flexibility index (Phi) is 6.62. The van der Waals surface area contributed by atoms with Gasteiger partial charge in [-0.2, -0.15) is 0 Å². The van der Waals surface area contributed by atoms with Crippen molar-refractivity contribution in [3.8, 4) is 5.75 Å². The molecular weight excluding hydrogens is 310 g/mol. The van der Waals surface area contributed by atoms with Crippen molar-refractivity contribution in [2.24, 2.45) is 0 Å². The summed E-state index contributed by atoms with van der Waals surface area (Å²) in [5.74, 6) is 0.697. The van der Waals surface area contributed by atoms with Crippen molar-refractivity contribution in [2.75, 3.05) is 6.61 Å². The fraction of sp³-hybridized carbons (Fsp3) is 0.333. The molecule has 0 bridgehead atoms. The lowest BCUT2D eigenvalue weighted by Crippen LogP contribution is -2.23. The quantitative estimate of drug-likeness (QED) is 0.711. The highest BCUT2D eigenvalue weighted by atomic mass is 32.2. The maximum Gasteiger partial charge on any atom is 0.240 e. The van der Waals surface area contributed by atoms with Gasteiger partial charge in [-0.25, -0.2) is 13.1 Å². The van der Waals surface area contributed by atoms with E-state index < -0.39 is 10.0 Å². The van der Waals surface area contributed by atoms with Gasteiger partial charge in [-0.3, -0.25) is 0 Å². The van der Waals surface area contributed by atoms with Crippen molar-refractivity contribution in [3.05, 3.63) is 60.2 Å². The smallest absolute Gasteiger partial charge is 0.240 e. The minimum Gasteiger partial charge on any atom is -0.494 e. The Morgan fingerprint density at radius 1 is 0.957 bits per heavy atom. The summed E-state index contributed by atoms with van der Waals surface area (Å²) in [4.78, 5) is 0.245. The monoisotopic (exact) mass is 333 g/mol. The van der Waals surface area contributed by atoms with Gasteiger partial charge in [0.15, 0.2) is 0 Å². The molecule has 0 aromatic heterocycles. The van der Waals surface area contributed by atoms with Crippen molar-refractivity contribution in [1.82, 2.24) is 4.72 Å². The predicted octanol–water partition coefficient (Wildman–Crippen LogP) is 3.73. The van der Waals surface area contributed by atoms with Gasteiger partial charge in [0.1, 0.15) is 5.75 Å². The van der Waals surface area contributed by atoms with Gasteiger partial charge in [0.05, 0.1) is 11.5 Å². The van der Waals surface area contributed by atoms with Crippen LogP contribution in [0.15, 0.2) is 59.5 Å². The van der Waals surface area contributed by atoms with Gasteiger partial charge in [-0.1, -0.05) is 50.1 Å². The summed E-state index contributed by atoms with van der Waals surface area (Å²) in [7, 11) is -3.51. The van der Waals surface area contributed by atoms with E-state index in [0.29, 0.717) is 12.4 Å². The molecule has 1 N–H and O–H groups in total. The number of sulfonamides is 1. The lowest BCUT2D eigenvalue weighted by molar-refractivity contribution is 0.306. The van der Waals surface area contributed by atoms with E-state index in [2.05, 4.69) is 11.6 Å². The highest BCUT2D eigenvalue weighted by Crippen LogP contribution is 2.16. The zero-order valence-corrected chi connectivity index (χ0v) is 14.2. The van der Waals surface area contributed by atoms with E-state index in [-0.39, 0.29) is 11.4 Å². The lowest BCUT2D eigenvalue weighted by Gasteiger charge is -2.09. The van der Waals surface area contributed by atoms with Gasteiger partial charge in [0.2, 0.25) is 10.0 Å². The molecule has 0 atom stereocenters. The topological polar surface area (TPSA) is 55.4 Å². The molecule has 0 amide bonds.